The Kier molecular flexibility index (Phi) is 2.46. The Morgan fingerprint density at radius 1 is 1.47 bits per heavy atom. The van der Waals surface area contributed by atoms with Crippen LogP contribution in [0.5, 0.6) is 0 Å². The van der Waals surface area contributed by atoms with Gasteiger partial charge in [0.25, 0.3) is 0 Å². The molecule has 1 aromatic heterocycles. The van der Waals surface area contributed by atoms with Crippen LogP contribution in [0.25, 0.3) is 0 Å². The third-order valence-corrected chi connectivity index (χ3v) is 3.19. The lowest BCUT2D eigenvalue weighted by molar-refractivity contribution is 0.186. The van der Waals surface area contributed by atoms with Gasteiger partial charge in [0.05, 0.1) is 24.7 Å². The molecule has 1 saturated heterocycles. The van der Waals surface area contributed by atoms with E-state index >= 15 is 0 Å². The Bertz CT molecular complexity index is 326. The van der Waals surface area contributed by atoms with E-state index in [-0.39, 0.29) is 0 Å². The van der Waals surface area contributed by atoms with Gasteiger partial charge in [-0.15, -0.1) is 0 Å². The van der Waals surface area contributed by atoms with Crippen molar-refractivity contribution in [2.24, 2.45) is 0 Å². The van der Waals surface area contributed by atoms with Crippen LogP contribution in [-0.4, -0.2) is 28.8 Å². The molecule has 1 atom stereocenters. The molecule has 4 nitrogen and oxygen atoms in total. The molecule has 0 spiro atoms. The number of aromatic nitrogens is 2. The van der Waals surface area contributed by atoms with Crippen molar-refractivity contribution in [2.45, 2.75) is 37.9 Å². The molecule has 0 radical (unpaired) electrons. The highest BCUT2D eigenvalue weighted by Gasteiger charge is 2.22. The van der Waals surface area contributed by atoms with Crippen LogP contribution in [0.15, 0.2) is 12.5 Å². The monoisotopic (exact) mass is 207 g/mol. The summed E-state index contributed by atoms with van der Waals surface area (Å²) in [6, 6.07) is 1.26. The van der Waals surface area contributed by atoms with E-state index in [4.69, 9.17) is 4.74 Å². The van der Waals surface area contributed by atoms with Crippen molar-refractivity contribution in [3.63, 3.8) is 0 Å². The number of imidazole rings is 1. The van der Waals surface area contributed by atoms with Gasteiger partial charge < -0.3 is 14.6 Å². The fourth-order valence-electron chi connectivity index (χ4n) is 2.08. The summed E-state index contributed by atoms with van der Waals surface area (Å²) in [5.41, 5.74) is 1.29. The molecule has 0 amide bonds. The highest BCUT2D eigenvalue weighted by Crippen LogP contribution is 2.22. The molecule has 1 saturated carbocycles. The van der Waals surface area contributed by atoms with Crippen LogP contribution in [0.2, 0.25) is 0 Å². The van der Waals surface area contributed by atoms with Gasteiger partial charge in [-0.05, 0) is 19.3 Å². The van der Waals surface area contributed by atoms with Crippen molar-refractivity contribution in [3.05, 3.63) is 18.2 Å². The molecule has 2 heterocycles. The number of hydrogen-bond donors (Lipinski definition) is 1. The van der Waals surface area contributed by atoms with Crippen molar-refractivity contribution >= 4 is 0 Å². The maximum atomic E-state index is 5.40. The number of rotatable bonds is 4. The van der Waals surface area contributed by atoms with Gasteiger partial charge >= 0.3 is 0 Å². The van der Waals surface area contributed by atoms with E-state index in [9.17, 15) is 0 Å². The molecule has 0 aromatic carbocycles. The van der Waals surface area contributed by atoms with Crippen LogP contribution < -0.4 is 5.32 Å². The van der Waals surface area contributed by atoms with Gasteiger partial charge in [-0.3, -0.25) is 0 Å². The van der Waals surface area contributed by atoms with Gasteiger partial charge in [-0.2, -0.15) is 0 Å². The summed E-state index contributed by atoms with van der Waals surface area (Å²) in [7, 11) is 0. The first-order valence-electron chi connectivity index (χ1n) is 5.75. The lowest BCUT2D eigenvalue weighted by Crippen LogP contribution is -2.20. The minimum atomic E-state index is 0.503. The summed E-state index contributed by atoms with van der Waals surface area (Å²) in [5.74, 6) is 0. The smallest absolute Gasteiger partial charge is 0.0952 e. The first-order chi connectivity index (χ1) is 7.43. The molecule has 1 aliphatic heterocycles. The molecule has 15 heavy (non-hydrogen) atoms. The molecule has 1 unspecified atom stereocenters. The summed E-state index contributed by atoms with van der Waals surface area (Å²) < 4.78 is 7.67. The molecule has 2 fully saturated rings. The zero-order chi connectivity index (χ0) is 10.1. The van der Waals surface area contributed by atoms with Crippen molar-refractivity contribution in [2.75, 3.05) is 13.2 Å². The zero-order valence-electron chi connectivity index (χ0n) is 8.85. The van der Waals surface area contributed by atoms with Gasteiger partial charge in [0.15, 0.2) is 0 Å². The van der Waals surface area contributed by atoms with E-state index in [1.54, 1.807) is 0 Å². The summed E-state index contributed by atoms with van der Waals surface area (Å²) in [4.78, 5) is 4.23. The average molecular weight is 207 g/mol. The van der Waals surface area contributed by atoms with Crippen LogP contribution in [0.3, 0.4) is 0 Å². The molecular formula is C11H17N3O. The lowest BCUT2D eigenvalue weighted by atomic mass is 10.2. The normalized spacial score (nSPS) is 26.0. The van der Waals surface area contributed by atoms with E-state index in [1.807, 2.05) is 12.5 Å². The van der Waals surface area contributed by atoms with E-state index < -0.39 is 0 Å². The predicted molar refractivity (Wildman–Crippen MR) is 56.6 cm³/mol. The van der Waals surface area contributed by atoms with Crippen LogP contribution in [-0.2, 0) is 11.3 Å². The molecule has 1 N–H and O–H groups in total. The maximum absolute atomic E-state index is 5.40. The van der Waals surface area contributed by atoms with Crippen LogP contribution in [0.1, 0.15) is 31.0 Å². The fourth-order valence-corrected chi connectivity index (χ4v) is 2.08. The highest BCUT2D eigenvalue weighted by atomic mass is 16.5. The molecule has 82 valence electrons. The first-order valence-corrected chi connectivity index (χ1v) is 5.75. The molecular weight excluding hydrogens is 190 g/mol. The van der Waals surface area contributed by atoms with E-state index in [2.05, 4.69) is 14.9 Å². The third kappa shape index (κ3) is 2.06. The zero-order valence-corrected chi connectivity index (χ0v) is 8.85. The quantitative estimate of drug-likeness (QED) is 0.803. The van der Waals surface area contributed by atoms with Crippen molar-refractivity contribution in [1.82, 2.24) is 14.9 Å². The van der Waals surface area contributed by atoms with Crippen LogP contribution >= 0.6 is 0 Å². The van der Waals surface area contributed by atoms with Crippen LogP contribution in [0, 0.1) is 0 Å². The van der Waals surface area contributed by atoms with E-state index in [0.717, 1.165) is 32.2 Å². The molecule has 3 rings (SSSR count). The molecule has 2 aliphatic rings. The molecule has 1 aromatic rings. The standard InChI is InChI=1S/C11H17N3O/c1-2-9(1)13-6-11-5-12-8-14(11)10-3-4-15-7-10/h5,8-10,13H,1-4,6-7H2. The Balaban J connectivity index is 1.67. The van der Waals surface area contributed by atoms with Crippen molar-refractivity contribution in [3.8, 4) is 0 Å². The first kappa shape index (κ1) is 9.36. The third-order valence-electron chi connectivity index (χ3n) is 3.19. The number of nitrogens with one attached hydrogen (secondary N) is 1. The predicted octanol–water partition coefficient (Wildman–Crippen LogP) is 1.10. The van der Waals surface area contributed by atoms with E-state index in [1.165, 1.54) is 18.5 Å². The summed E-state index contributed by atoms with van der Waals surface area (Å²) in [6.45, 7) is 2.67. The number of ether oxygens (including phenoxy) is 1. The summed E-state index contributed by atoms with van der Waals surface area (Å²) >= 11 is 0. The minimum Gasteiger partial charge on any atom is -0.379 e. The summed E-state index contributed by atoms with van der Waals surface area (Å²) in [5, 5.41) is 3.52. The van der Waals surface area contributed by atoms with Gasteiger partial charge in [0.2, 0.25) is 0 Å². The number of hydrogen-bond acceptors (Lipinski definition) is 3. The van der Waals surface area contributed by atoms with Gasteiger partial charge in [0, 0.05) is 25.4 Å². The Hall–Kier alpha value is -0.870. The minimum absolute atomic E-state index is 0.503. The fraction of sp³-hybridized carbons (Fsp3) is 0.727. The van der Waals surface area contributed by atoms with E-state index in [0.29, 0.717) is 6.04 Å². The maximum Gasteiger partial charge on any atom is 0.0952 e. The second-order valence-electron chi connectivity index (χ2n) is 4.46. The summed E-state index contributed by atoms with van der Waals surface area (Å²) in [6.07, 6.45) is 7.69. The molecule has 4 heteroatoms. The molecule has 1 aliphatic carbocycles. The SMILES string of the molecule is c1ncn(C2CCOC2)c1CNC1CC1. The Morgan fingerprint density at radius 3 is 3.13 bits per heavy atom. The second kappa shape index (κ2) is 3.94. The number of nitrogens with zero attached hydrogens (tertiary/aromatic N) is 2. The van der Waals surface area contributed by atoms with Crippen molar-refractivity contribution in [1.29, 1.82) is 0 Å². The Morgan fingerprint density at radius 2 is 2.40 bits per heavy atom. The topological polar surface area (TPSA) is 39.1 Å². The highest BCUT2D eigenvalue weighted by molar-refractivity contribution is 5.02. The second-order valence-corrected chi connectivity index (χ2v) is 4.46. The largest absolute Gasteiger partial charge is 0.379 e. The Labute approximate surface area is 89.6 Å². The van der Waals surface area contributed by atoms with Crippen LogP contribution in [0.4, 0.5) is 0 Å². The van der Waals surface area contributed by atoms with Gasteiger partial charge in [-0.25, -0.2) is 4.98 Å². The average Bonchev–Trinajstić information content (AvgIpc) is 2.79. The lowest BCUT2D eigenvalue weighted by Gasteiger charge is -2.13. The molecule has 0 bridgehead atoms. The van der Waals surface area contributed by atoms with Crippen molar-refractivity contribution < 1.29 is 4.74 Å². The van der Waals surface area contributed by atoms with Gasteiger partial charge in [-0.1, -0.05) is 0 Å². The van der Waals surface area contributed by atoms with Gasteiger partial charge in [0.1, 0.15) is 0 Å².